The Hall–Kier alpha value is -2.83. The minimum Gasteiger partial charge on any atom is -0.368 e. The molecule has 0 aliphatic carbocycles. The maximum Gasteiger partial charge on any atom is 0.243 e. The first-order valence-corrected chi connectivity index (χ1v) is 14.9. The predicted octanol–water partition coefficient (Wildman–Crippen LogP) is -3.17. The van der Waals surface area contributed by atoms with E-state index in [2.05, 4.69) is 61.2 Å². The van der Waals surface area contributed by atoms with Crippen LogP contribution in [-0.4, -0.2) is 95.9 Å². The molecule has 0 spiro atoms. The summed E-state index contributed by atoms with van der Waals surface area (Å²) in [5.74, 6) is -4.33. The highest BCUT2D eigenvalue weighted by molar-refractivity contribution is 7.88. The van der Waals surface area contributed by atoms with Crippen molar-refractivity contribution in [3.63, 3.8) is 0 Å². The molecule has 1 rings (SSSR count). The number of carbonyl (C=O) groups is 5. The second-order valence-electron chi connectivity index (χ2n) is 9.07. The van der Waals surface area contributed by atoms with Crippen LogP contribution in [0.25, 0.3) is 0 Å². The molecule has 1 aromatic rings. The van der Waals surface area contributed by atoms with Crippen LogP contribution in [0.15, 0.2) is 12.5 Å². The predicted molar refractivity (Wildman–Crippen MR) is 149 cm³/mol. The van der Waals surface area contributed by atoms with Crippen LogP contribution < -0.4 is 31.7 Å². The van der Waals surface area contributed by atoms with Gasteiger partial charge in [0.15, 0.2) is 0 Å². The lowest BCUT2D eigenvalue weighted by molar-refractivity contribution is -0.134. The molecule has 0 unspecified atom stereocenters. The molecule has 18 heteroatoms. The van der Waals surface area contributed by atoms with Crippen LogP contribution >= 0.6 is 25.3 Å². The summed E-state index contributed by atoms with van der Waals surface area (Å²) >= 11 is 7.97. The summed E-state index contributed by atoms with van der Waals surface area (Å²) in [7, 11) is -3.75. The number of amides is 5. The third-order valence-electron chi connectivity index (χ3n) is 5.31. The molecule has 0 fully saturated rings. The molecule has 0 aromatic carbocycles. The zero-order valence-corrected chi connectivity index (χ0v) is 24.5. The van der Waals surface area contributed by atoms with Gasteiger partial charge in [-0.1, -0.05) is 13.8 Å². The number of primary amides is 1. The van der Waals surface area contributed by atoms with Gasteiger partial charge in [-0.05, 0) is 12.8 Å². The van der Waals surface area contributed by atoms with Gasteiger partial charge >= 0.3 is 0 Å². The van der Waals surface area contributed by atoms with Crippen LogP contribution in [-0.2, 0) is 40.4 Å². The first kappa shape index (κ1) is 34.2. The molecule has 8 N–H and O–H groups in total. The molecule has 0 aliphatic rings. The van der Waals surface area contributed by atoms with Gasteiger partial charge in [0.05, 0.1) is 12.6 Å². The normalized spacial score (nSPS) is 15.4. The average molecular weight is 609 g/mol. The molecule has 15 nitrogen and oxygen atoms in total. The number of nitrogens with one attached hydrogen (secondary N) is 6. The van der Waals surface area contributed by atoms with Gasteiger partial charge in [-0.15, -0.1) is 0 Å². The number of nitrogens with two attached hydrogens (primary N) is 1. The van der Waals surface area contributed by atoms with E-state index in [1.54, 1.807) is 13.8 Å². The van der Waals surface area contributed by atoms with Gasteiger partial charge in [-0.2, -0.15) is 25.3 Å². The molecule has 0 saturated heterocycles. The van der Waals surface area contributed by atoms with Crippen molar-refractivity contribution >= 4 is 64.8 Å². The Bertz CT molecular complexity index is 1110. The number of thiol groups is 2. The Morgan fingerprint density at radius 1 is 0.897 bits per heavy atom. The second-order valence-corrected chi connectivity index (χ2v) is 11.6. The number of rotatable bonds is 16. The lowest BCUT2D eigenvalue weighted by Crippen LogP contribution is -2.59. The Kier molecular flexibility index (Phi) is 13.8. The van der Waals surface area contributed by atoms with Crippen molar-refractivity contribution in [2.75, 3.05) is 17.8 Å². The zero-order valence-electron chi connectivity index (χ0n) is 21.9. The number of H-pyrrole nitrogens is 1. The van der Waals surface area contributed by atoms with E-state index in [-0.39, 0.29) is 17.9 Å². The fourth-order valence-corrected chi connectivity index (χ4v) is 4.55. The summed E-state index contributed by atoms with van der Waals surface area (Å²) in [6.07, 6.45) is 3.63. The fraction of sp³-hybridized carbons (Fsp3) is 0.619. The first-order chi connectivity index (χ1) is 18.1. The molecule has 0 bridgehead atoms. The number of sulfonamides is 1. The number of hydrogen-bond donors (Lipinski definition) is 9. The van der Waals surface area contributed by atoms with Crippen molar-refractivity contribution in [1.29, 1.82) is 0 Å². The molecule has 5 atom stereocenters. The topological polar surface area (TPSA) is 234 Å². The molecular formula is C21H36N8O7S3. The summed E-state index contributed by atoms with van der Waals surface area (Å²) in [4.78, 5) is 69.4. The van der Waals surface area contributed by atoms with Gasteiger partial charge in [0.2, 0.25) is 39.6 Å². The monoisotopic (exact) mass is 608 g/mol. The van der Waals surface area contributed by atoms with Crippen LogP contribution in [0.4, 0.5) is 0 Å². The maximum absolute atomic E-state index is 13.1. The van der Waals surface area contributed by atoms with Crippen molar-refractivity contribution in [2.24, 2.45) is 11.7 Å². The van der Waals surface area contributed by atoms with Gasteiger partial charge < -0.3 is 32.0 Å². The van der Waals surface area contributed by atoms with Gasteiger partial charge in [0.25, 0.3) is 0 Å². The number of aromatic amines is 1. The lowest BCUT2D eigenvalue weighted by atomic mass is 10.0. The third-order valence-corrected chi connectivity index (χ3v) is 6.75. The largest absolute Gasteiger partial charge is 0.368 e. The minimum absolute atomic E-state index is 0.0382. The lowest BCUT2D eigenvalue weighted by Gasteiger charge is -2.26. The second kappa shape index (κ2) is 15.7. The number of nitrogens with zero attached hydrogens (tertiary/aromatic N) is 1. The van der Waals surface area contributed by atoms with E-state index < -0.39 is 75.7 Å². The quantitative estimate of drug-likeness (QED) is 0.0866. The summed E-state index contributed by atoms with van der Waals surface area (Å²) in [6.45, 7) is 4.72. The van der Waals surface area contributed by atoms with Crippen LogP contribution in [0.3, 0.4) is 0 Å². The Labute approximate surface area is 237 Å². The van der Waals surface area contributed by atoms with Crippen LogP contribution in [0, 0.1) is 5.92 Å². The van der Waals surface area contributed by atoms with E-state index in [1.165, 1.54) is 19.4 Å². The third kappa shape index (κ3) is 11.8. The highest BCUT2D eigenvalue weighted by Crippen LogP contribution is 2.05. The highest BCUT2D eigenvalue weighted by Gasteiger charge is 2.32. The van der Waals surface area contributed by atoms with Crippen molar-refractivity contribution in [3.8, 4) is 0 Å². The van der Waals surface area contributed by atoms with Gasteiger partial charge in [-0.3, -0.25) is 24.0 Å². The minimum atomic E-state index is -3.75. The van der Waals surface area contributed by atoms with E-state index in [9.17, 15) is 32.4 Å². The summed E-state index contributed by atoms with van der Waals surface area (Å²) in [5, 5.41) is 9.91. The van der Waals surface area contributed by atoms with Crippen molar-refractivity contribution in [2.45, 2.75) is 57.4 Å². The van der Waals surface area contributed by atoms with Crippen LogP contribution in [0.1, 0.15) is 26.5 Å². The van der Waals surface area contributed by atoms with Gasteiger partial charge in [0, 0.05) is 29.8 Å². The maximum atomic E-state index is 13.1. The SMILES string of the molecule is CC(C)[C@H](NC(=O)[C@H](C)NC(=O)[C@H](Cc1cnc[nH]1)NC(=O)[C@H](CS)NS(C)(=O)=O)C(=O)N[C@@H](CS)C(N)=O. The van der Waals surface area contributed by atoms with E-state index in [4.69, 9.17) is 5.73 Å². The number of imidazole rings is 1. The van der Waals surface area contributed by atoms with Crippen LogP contribution in [0.2, 0.25) is 0 Å². The molecule has 0 saturated carbocycles. The summed E-state index contributed by atoms with van der Waals surface area (Å²) in [5.41, 5.74) is 5.72. The molecular weight excluding hydrogens is 572 g/mol. The smallest absolute Gasteiger partial charge is 0.243 e. The number of aromatic nitrogens is 2. The van der Waals surface area contributed by atoms with Crippen molar-refractivity contribution in [3.05, 3.63) is 18.2 Å². The van der Waals surface area contributed by atoms with Gasteiger partial charge in [0.1, 0.15) is 30.2 Å². The fourth-order valence-electron chi connectivity index (χ4n) is 3.19. The molecule has 1 heterocycles. The highest BCUT2D eigenvalue weighted by atomic mass is 32.2. The molecule has 0 aliphatic heterocycles. The Morgan fingerprint density at radius 3 is 1.92 bits per heavy atom. The molecule has 0 radical (unpaired) electrons. The molecule has 220 valence electrons. The van der Waals surface area contributed by atoms with Crippen LogP contribution in [0.5, 0.6) is 0 Å². The Balaban J connectivity index is 2.98. The van der Waals surface area contributed by atoms with Crippen molar-refractivity contribution < 1.29 is 32.4 Å². The van der Waals surface area contributed by atoms with Crippen molar-refractivity contribution in [1.82, 2.24) is 36.0 Å². The molecule has 5 amide bonds. The average Bonchev–Trinajstić information content (AvgIpc) is 3.35. The Morgan fingerprint density at radius 2 is 1.46 bits per heavy atom. The number of carbonyl (C=O) groups excluding carboxylic acids is 5. The summed E-state index contributed by atoms with van der Waals surface area (Å²) in [6, 6.07) is -5.74. The van der Waals surface area contributed by atoms with E-state index in [1.807, 2.05) is 0 Å². The van der Waals surface area contributed by atoms with E-state index in [0.717, 1.165) is 6.26 Å². The standard InChI is InChI=1S/C21H36N8O7S3/c1-10(2)16(21(34)27-14(7-37)17(22)30)28-18(31)11(3)25-19(32)13(5-12-6-23-9-24-12)26-20(33)15(8-38)29-39(4,35)36/h6,9-11,13-16,29,37-38H,5,7-8H2,1-4H3,(H2,22,30)(H,23,24)(H,25,32)(H,26,33)(H,27,34)(H,28,31)/t11-,13-,14-,15-,16-/m0/s1. The van der Waals surface area contributed by atoms with E-state index in [0.29, 0.717) is 5.69 Å². The summed E-state index contributed by atoms with van der Waals surface area (Å²) < 4.78 is 25.3. The zero-order chi connectivity index (χ0) is 29.9. The molecule has 1 aromatic heterocycles. The van der Waals surface area contributed by atoms with E-state index >= 15 is 0 Å². The number of hydrogen-bond acceptors (Lipinski definition) is 10. The molecule has 39 heavy (non-hydrogen) atoms. The van der Waals surface area contributed by atoms with Gasteiger partial charge in [-0.25, -0.2) is 18.1 Å². The first-order valence-electron chi connectivity index (χ1n) is 11.8.